The summed E-state index contributed by atoms with van der Waals surface area (Å²) >= 11 is 0. The van der Waals surface area contributed by atoms with E-state index in [0.29, 0.717) is 11.4 Å². The summed E-state index contributed by atoms with van der Waals surface area (Å²) in [6, 6.07) is 10.1. The van der Waals surface area contributed by atoms with Crippen LogP contribution in [0.25, 0.3) is 0 Å². The number of nitrogens with zero attached hydrogens (tertiary/aromatic N) is 1. The Morgan fingerprint density at radius 2 is 1.85 bits per heavy atom. The van der Waals surface area contributed by atoms with Gasteiger partial charge in [0.15, 0.2) is 6.39 Å². The van der Waals surface area contributed by atoms with Gasteiger partial charge in [-0.25, -0.2) is 22.6 Å². The maximum absolute atomic E-state index is 13.8. The quantitative estimate of drug-likeness (QED) is 0.714. The molecule has 2 N–H and O–H groups in total. The van der Waals surface area contributed by atoms with Crippen LogP contribution in [-0.2, 0) is 16.4 Å². The normalized spacial score (nSPS) is 11.1. The van der Waals surface area contributed by atoms with Gasteiger partial charge in [-0.2, -0.15) is 0 Å². The van der Waals surface area contributed by atoms with Crippen molar-refractivity contribution in [1.29, 1.82) is 0 Å². The number of rotatable bonds is 5. The van der Waals surface area contributed by atoms with Crippen molar-refractivity contribution in [1.82, 2.24) is 10.3 Å². The van der Waals surface area contributed by atoms with Gasteiger partial charge in [0.2, 0.25) is 9.84 Å². The van der Waals surface area contributed by atoms with Crippen molar-refractivity contribution in [3.63, 3.8) is 0 Å². The van der Waals surface area contributed by atoms with Crippen LogP contribution >= 0.6 is 0 Å². The first-order valence-electron chi connectivity index (χ1n) is 7.49. The highest BCUT2D eigenvalue weighted by atomic mass is 32.2. The van der Waals surface area contributed by atoms with Crippen LogP contribution in [0.4, 0.5) is 14.9 Å². The number of benzene rings is 2. The second-order valence-electron chi connectivity index (χ2n) is 5.23. The smallest absolute Gasteiger partial charge is 0.319 e. The molecule has 2 amide bonds. The molecule has 26 heavy (non-hydrogen) atoms. The van der Waals surface area contributed by atoms with Gasteiger partial charge in [-0.1, -0.05) is 12.1 Å². The van der Waals surface area contributed by atoms with Gasteiger partial charge in [0.1, 0.15) is 16.5 Å². The van der Waals surface area contributed by atoms with Crippen molar-refractivity contribution in [2.75, 3.05) is 5.32 Å². The highest BCUT2D eigenvalue weighted by Gasteiger charge is 2.21. The molecule has 3 aromatic rings. The molecule has 7 nitrogen and oxygen atoms in total. The monoisotopic (exact) mass is 375 g/mol. The average molecular weight is 375 g/mol. The third kappa shape index (κ3) is 3.89. The summed E-state index contributed by atoms with van der Waals surface area (Å²) in [7, 11) is -3.98. The molecule has 0 unspecified atom stereocenters. The van der Waals surface area contributed by atoms with E-state index in [-0.39, 0.29) is 11.4 Å². The zero-order valence-electron chi connectivity index (χ0n) is 13.3. The molecule has 0 aliphatic rings. The minimum atomic E-state index is -3.98. The molecular formula is C17H14FN3O4S. The summed E-state index contributed by atoms with van der Waals surface area (Å²) in [5, 5.41) is 5.11. The van der Waals surface area contributed by atoms with Crippen LogP contribution in [0, 0.1) is 5.82 Å². The standard InChI is InChI=1S/C17H14FN3O4S/c18-15-3-1-2-4-16(15)26(23,24)14-7-5-12(6-8-14)21-17(22)20-10-13-9-19-11-25-13/h1-9,11H,10H2,(H2,20,21,22). The van der Waals surface area contributed by atoms with E-state index in [4.69, 9.17) is 4.42 Å². The lowest BCUT2D eigenvalue weighted by atomic mass is 10.3. The van der Waals surface area contributed by atoms with Crippen molar-refractivity contribution in [3.05, 3.63) is 72.7 Å². The van der Waals surface area contributed by atoms with Crippen molar-refractivity contribution in [2.45, 2.75) is 16.3 Å². The van der Waals surface area contributed by atoms with Crippen LogP contribution < -0.4 is 10.6 Å². The zero-order valence-corrected chi connectivity index (χ0v) is 14.2. The number of hydrogen-bond acceptors (Lipinski definition) is 5. The van der Waals surface area contributed by atoms with Gasteiger partial charge >= 0.3 is 6.03 Å². The molecule has 0 saturated heterocycles. The second-order valence-corrected chi connectivity index (χ2v) is 7.15. The van der Waals surface area contributed by atoms with Gasteiger partial charge in [0, 0.05) is 5.69 Å². The van der Waals surface area contributed by atoms with Crippen LogP contribution in [0.15, 0.2) is 75.3 Å². The van der Waals surface area contributed by atoms with Crippen LogP contribution in [0.5, 0.6) is 0 Å². The van der Waals surface area contributed by atoms with E-state index in [1.807, 2.05) is 0 Å². The van der Waals surface area contributed by atoms with Crippen molar-refractivity contribution < 1.29 is 22.0 Å². The Morgan fingerprint density at radius 3 is 2.50 bits per heavy atom. The van der Waals surface area contributed by atoms with E-state index < -0.39 is 26.6 Å². The maximum Gasteiger partial charge on any atom is 0.319 e. The molecule has 9 heteroatoms. The number of carbonyl (C=O) groups is 1. The summed E-state index contributed by atoms with van der Waals surface area (Å²) in [4.78, 5) is 15.1. The fourth-order valence-electron chi connectivity index (χ4n) is 2.18. The lowest BCUT2D eigenvalue weighted by Gasteiger charge is -2.09. The Labute approximate surface area is 148 Å². The van der Waals surface area contributed by atoms with Gasteiger partial charge in [0.05, 0.1) is 17.6 Å². The molecule has 0 fully saturated rings. The molecule has 0 spiro atoms. The predicted octanol–water partition coefficient (Wildman–Crippen LogP) is 2.97. The number of urea groups is 1. The van der Waals surface area contributed by atoms with E-state index in [1.54, 1.807) is 0 Å². The van der Waals surface area contributed by atoms with Crippen molar-refractivity contribution in [3.8, 4) is 0 Å². The van der Waals surface area contributed by atoms with E-state index in [0.717, 1.165) is 6.07 Å². The van der Waals surface area contributed by atoms with E-state index in [1.165, 1.54) is 55.1 Å². The number of aromatic nitrogens is 1. The topological polar surface area (TPSA) is 101 Å². The second kappa shape index (κ2) is 7.36. The average Bonchev–Trinajstić information content (AvgIpc) is 3.14. The number of nitrogens with one attached hydrogen (secondary N) is 2. The lowest BCUT2D eigenvalue weighted by molar-refractivity contribution is 0.251. The van der Waals surface area contributed by atoms with E-state index >= 15 is 0 Å². The maximum atomic E-state index is 13.8. The summed E-state index contributed by atoms with van der Waals surface area (Å²) in [6.45, 7) is 0.158. The number of carbonyl (C=O) groups excluding carboxylic acids is 1. The van der Waals surface area contributed by atoms with Gasteiger partial charge in [0.25, 0.3) is 0 Å². The summed E-state index contributed by atoms with van der Waals surface area (Å²) in [6.07, 6.45) is 2.73. The molecule has 1 heterocycles. The predicted molar refractivity (Wildman–Crippen MR) is 90.7 cm³/mol. The minimum Gasteiger partial charge on any atom is -0.447 e. The van der Waals surface area contributed by atoms with Crippen LogP contribution in [0.1, 0.15) is 5.76 Å². The van der Waals surface area contributed by atoms with Gasteiger partial charge in [-0.05, 0) is 36.4 Å². The number of halogens is 1. The van der Waals surface area contributed by atoms with Crippen LogP contribution in [0.2, 0.25) is 0 Å². The molecule has 3 rings (SSSR count). The molecular weight excluding hydrogens is 361 g/mol. The number of oxazole rings is 1. The van der Waals surface area contributed by atoms with Crippen molar-refractivity contribution in [2.24, 2.45) is 0 Å². The molecule has 0 aliphatic heterocycles. The molecule has 0 saturated carbocycles. The lowest BCUT2D eigenvalue weighted by Crippen LogP contribution is -2.28. The van der Waals surface area contributed by atoms with Crippen LogP contribution in [0.3, 0.4) is 0 Å². The number of hydrogen-bond donors (Lipinski definition) is 2. The first kappa shape index (κ1) is 17.6. The zero-order chi connectivity index (χ0) is 18.6. The first-order chi connectivity index (χ1) is 12.5. The Bertz CT molecular complexity index is 1000. The summed E-state index contributed by atoms with van der Waals surface area (Å²) in [5.74, 6) is -0.326. The van der Waals surface area contributed by atoms with Gasteiger partial charge in [-0.15, -0.1) is 0 Å². The molecule has 0 radical (unpaired) electrons. The largest absolute Gasteiger partial charge is 0.447 e. The fraction of sp³-hybridized carbons (Fsp3) is 0.0588. The Morgan fingerprint density at radius 1 is 1.12 bits per heavy atom. The summed E-state index contributed by atoms with van der Waals surface area (Å²) in [5.41, 5.74) is 0.382. The van der Waals surface area contributed by atoms with Gasteiger partial charge in [-0.3, -0.25) is 0 Å². The Kier molecular flexibility index (Phi) is 4.99. The number of amides is 2. The number of anilines is 1. The SMILES string of the molecule is O=C(NCc1cnco1)Nc1ccc(S(=O)(=O)c2ccccc2F)cc1. The van der Waals surface area contributed by atoms with Crippen molar-refractivity contribution >= 4 is 21.6 Å². The third-order valence-corrected chi connectivity index (χ3v) is 5.26. The minimum absolute atomic E-state index is 0.0739. The highest BCUT2D eigenvalue weighted by Crippen LogP contribution is 2.24. The van der Waals surface area contributed by atoms with E-state index in [9.17, 15) is 17.6 Å². The third-order valence-electron chi connectivity index (χ3n) is 3.46. The Balaban J connectivity index is 1.68. The number of sulfone groups is 1. The molecule has 1 aromatic heterocycles. The molecule has 0 bridgehead atoms. The molecule has 0 atom stereocenters. The summed E-state index contributed by atoms with van der Waals surface area (Å²) < 4.78 is 43.7. The molecule has 134 valence electrons. The van der Waals surface area contributed by atoms with E-state index in [2.05, 4.69) is 15.6 Å². The Hall–Kier alpha value is -3.20. The van der Waals surface area contributed by atoms with Gasteiger partial charge < -0.3 is 15.1 Å². The molecule has 2 aromatic carbocycles. The first-order valence-corrected chi connectivity index (χ1v) is 8.97. The van der Waals surface area contributed by atoms with Crippen LogP contribution in [-0.4, -0.2) is 19.4 Å². The fourth-order valence-corrected chi connectivity index (χ4v) is 3.51. The molecule has 0 aliphatic carbocycles. The highest BCUT2D eigenvalue weighted by molar-refractivity contribution is 7.91.